The first-order chi connectivity index (χ1) is 9.44. The van der Waals surface area contributed by atoms with Gasteiger partial charge in [-0.05, 0) is 12.8 Å². The molecule has 110 valence electrons. The van der Waals surface area contributed by atoms with E-state index in [0.717, 1.165) is 18.7 Å². The van der Waals surface area contributed by atoms with Crippen LogP contribution in [0.25, 0.3) is 0 Å². The molecule has 0 saturated heterocycles. The van der Waals surface area contributed by atoms with Crippen LogP contribution in [0.15, 0.2) is 12.4 Å². The molecule has 1 aromatic heterocycles. The summed E-state index contributed by atoms with van der Waals surface area (Å²) in [5.41, 5.74) is -1.10. The Morgan fingerprint density at radius 2 is 2.15 bits per heavy atom. The van der Waals surface area contributed by atoms with E-state index in [2.05, 4.69) is 10.3 Å². The monoisotopic (exact) mass is 280 g/mol. The van der Waals surface area contributed by atoms with Gasteiger partial charge in [-0.2, -0.15) is 0 Å². The molecule has 1 heterocycles. The third kappa shape index (κ3) is 2.76. The molecule has 0 aromatic carbocycles. The maximum Gasteiger partial charge on any atom is 0.329 e. The molecule has 2 N–H and O–H groups in total. The summed E-state index contributed by atoms with van der Waals surface area (Å²) in [6.45, 7) is 0.338. The second kappa shape index (κ2) is 5.52. The highest BCUT2D eigenvalue weighted by molar-refractivity contribution is 5.86. The molecule has 20 heavy (non-hydrogen) atoms. The minimum atomic E-state index is -1.10. The van der Waals surface area contributed by atoms with Crippen molar-refractivity contribution in [3.05, 3.63) is 18.2 Å². The van der Waals surface area contributed by atoms with Crippen molar-refractivity contribution in [2.75, 3.05) is 7.05 Å². The Balaban J connectivity index is 2.00. The number of carbonyl (C=O) groups is 2. The molecule has 0 spiro atoms. The fourth-order valence-electron chi connectivity index (χ4n) is 2.50. The van der Waals surface area contributed by atoms with Crippen molar-refractivity contribution in [3.63, 3.8) is 0 Å². The first-order valence-corrected chi connectivity index (χ1v) is 6.67. The number of carbonyl (C=O) groups excluding carboxylic acids is 1. The highest BCUT2D eigenvalue weighted by Crippen LogP contribution is 2.30. The van der Waals surface area contributed by atoms with E-state index in [1.807, 2.05) is 11.6 Å². The van der Waals surface area contributed by atoms with E-state index < -0.39 is 11.5 Å². The molecule has 1 aliphatic rings. The third-order valence-electron chi connectivity index (χ3n) is 3.86. The molecule has 2 amide bonds. The van der Waals surface area contributed by atoms with Crippen molar-refractivity contribution in [2.45, 2.75) is 37.8 Å². The van der Waals surface area contributed by atoms with Crippen LogP contribution in [0.3, 0.4) is 0 Å². The molecule has 0 aliphatic heterocycles. The van der Waals surface area contributed by atoms with E-state index >= 15 is 0 Å². The zero-order valence-corrected chi connectivity index (χ0v) is 11.8. The van der Waals surface area contributed by atoms with Gasteiger partial charge in [0.1, 0.15) is 11.4 Å². The number of nitrogens with zero attached hydrogens (tertiary/aromatic N) is 3. The van der Waals surface area contributed by atoms with Gasteiger partial charge in [-0.3, -0.25) is 0 Å². The number of urea groups is 1. The maximum absolute atomic E-state index is 12.2. The average Bonchev–Trinajstić information content (AvgIpc) is 3.00. The lowest BCUT2D eigenvalue weighted by atomic mass is 9.98. The highest BCUT2D eigenvalue weighted by Gasteiger charge is 2.43. The minimum Gasteiger partial charge on any atom is -0.480 e. The van der Waals surface area contributed by atoms with Crippen molar-refractivity contribution in [3.8, 4) is 0 Å². The first kappa shape index (κ1) is 14.4. The predicted octanol–water partition coefficient (Wildman–Crippen LogP) is 0.959. The lowest BCUT2D eigenvalue weighted by Gasteiger charge is -2.28. The summed E-state index contributed by atoms with van der Waals surface area (Å²) in [5, 5.41) is 12.0. The summed E-state index contributed by atoms with van der Waals surface area (Å²) in [5.74, 6) is -0.202. The highest BCUT2D eigenvalue weighted by atomic mass is 16.4. The van der Waals surface area contributed by atoms with Crippen LogP contribution in [-0.4, -0.2) is 44.1 Å². The molecule has 0 radical (unpaired) electrons. The van der Waals surface area contributed by atoms with E-state index in [1.54, 1.807) is 19.4 Å². The smallest absolute Gasteiger partial charge is 0.329 e. The lowest BCUT2D eigenvalue weighted by Crippen LogP contribution is -2.55. The predicted molar refractivity (Wildman–Crippen MR) is 72.0 cm³/mol. The van der Waals surface area contributed by atoms with Crippen LogP contribution in [0.1, 0.15) is 31.5 Å². The van der Waals surface area contributed by atoms with Crippen LogP contribution in [0.5, 0.6) is 0 Å². The molecule has 1 aliphatic carbocycles. The molecule has 1 fully saturated rings. The SMILES string of the molecule is CN(Cc1nccn1C)C(=O)NC1(C(=O)O)CCCC1. The number of imidazole rings is 1. The largest absolute Gasteiger partial charge is 0.480 e. The number of aromatic nitrogens is 2. The van der Waals surface area contributed by atoms with E-state index in [9.17, 15) is 14.7 Å². The van der Waals surface area contributed by atoms with E-state index in [0.29, 0.717) is 19.4 Å². The molecular formula is C13H20N4O3. The Kier molecular flexibility index (Phi) is 3.96. The van der Waals surface area contributed by atoms with Crippen molar-refractivity contribution < 1.29 is 14.7 Å². The molecule has 2 rings (SSSR count). The summed E-state index contributed by atoms with van der Waals surface area (Å²) in [4.78, 5) is 29.2. The van der Waals surface area contributed by atoms with Gasteiger partial charge in [0.25, 0.3) is 0 Å². The molecule has 0 unspecified atom stereocenters. The lowest BCUT2D eigenvalue weighted by molar-refractivity contribution is -0.144. The maximum atomic E-state index is 12.2. The van der Waals surface area contributed by atoms with Crippen LogP contribution in [0.2, 0.25) is 0 Å². The molecule has 0 bridgehead atoms. The second-order valence-electron chi connectivity index (χ2n) is 5.33. The normalized spacial score (nSPS) is 16.9. The van der Waals surface area contributed by atoms with Gasteiger partial charge >= 0.3 is 12.0 Å². The van der Waals surface area contributed by atoms with Gasteiger partial charge in [0.05, 0.1) is 6.54 Å². The summed E-state index contributed by atoms with van der Waals surface area (Å²) in [7, 11) is 3.48. The van der Waals surface area contributed by atoms with Crippen LogP contribution in [-0.2, 0) is 18.4 Å². The summed E-state index contributed by atoms with van der Waals surface area (Å²) < 4.78 is 1.83. The third-order valence-corrected chi connectivity index (χ3v) is 3.86. The number of aliphatic carboxylic acids is 1. The standard InChI is InChI=1S/C13H20N4O3/c1-16-8-7-14-10(16)9-17(2)12(20)15-13(11(18)19)5-3-4-6-13/h7-8H,3-6,9H2,1-2H3,(H,15,20)(H,18,19). The Morgan fingerprint density at radius 3 is 2.65 bits per heavy atom. The number of carboxylic acids is 1. The summed E-state index contributed by atoms with van der Waals surface area (Å²) in [6, 6.07) is -0.377. The van der Waals surface area contributed by atoms with Crippen molar-refractivity contribution in [1.29, 1.82) is 0 Å². The fraction of sp³-hybridized carbons (Fsp3) is 0.615. The Morgan fingerprint density at radius 1 is 1.50 bits per heavy atom. The molecule has 1 aromatic rings. The van der Waals surface area contributed by atoms with Crippen molar-refractivity contribution >= 4 is 12.0 Å². The Bertz CT molecular complexity index is 505. The fourth-order valence-corrected chi connectivity index (χ4v) is 2.50. The van der Waals surface area contributed by atoms with Crippen LogP contribution in [0, 0.1) is 0 Å². The van der Waals surface area contributed by atoms with Gasteiger partial charge in [0.15, 0.2) is 0 Å². The molecule has 7 nitrogen and oxygen atoms in total. The van der Waals surface area contributed by atoms with E-state index in [1.165, 1.54) is 4.90 Å². The number of hydrogen-bond donors (Lipinski definition) is 2. The molecule has 1 saturated carbocycles. The van der Waals surface area contributed by atoms with Gasteiger partial charge in [0.2, 0.25) is 0 Å². The van der Waals surface area contributed by atoms with E-state index in [4.69, 9.17) is 0 Å². The van der Waals surface area contributed by atoms with Crippen molar-refractivity contribution in [1.82, 2.24) is 19.8 Å². The first-order valence-electron chi connectivity index (χ1n) is 6.67. The zero-order chi connectivity index (χ0) is 14.8. The number of aryl methyl sites for hydroxylation is 1. The Hall–Kier alpha value is -2.05. The number of nitrogens with one attached hydrogen (secondary N) is 1. The number of carboxylic acid groups (broad SMARTS) is 1. The average molecular weight is 280 g/mol. The minimum absolute atomic E-state index is 0.338. The van der Waals surface area contributed by atoms with Crippen LogP contribution < -0.4 is 5.32 Å². The van der Waals surface area contributed by atoms with Gasteiger partial charge < -0.3 is 19.9 Å². The number of rotatable bonds is 4. The van der Waals surface area contributed by atoms with Gasteiger partial charge in [-0.1, -0.05) is 12.8 Å². The van der Waals surface area contributed by atoms with Crippen molar-refractivity contribution in [2.24, 2.45) is 7.05 Å². The topological polar surface area (TPSA) is 87.5 Å². The summed E-state index contributed by atoms with van der Waals surface area (Å²) >= 11 is 0. The quantitative estimate of drug-likeness (QED) is 0.860. The molecule has 0 atom stereocenters. The van der Waals surface area contributed by atoms with Crippen LogP contribution in [0.4, 0.5) is 4.79 Å². The molecular weight excluding hydrogens is 260 g/mol. The van der Waals surface area contributed by atoms with Gasteiger partial charge in [-0.25, -0.2) is 14.6 Å². The second-order valence-corrected chi connectivity index (χ2v) is 5.33. The Labute approximate surface area is 117 Å². The van der Waals surface area contributed by atoms with Gasteiger partial charge in [-0.15, -0.1) is 0 Å². The van der Waals surface area contributed by atoms with E-state index in [-0.39, 0.29) is 6.03 Å². The number of hydrogen-bond acceptors (Lipinski definition) is 3. The van der Waals surface area contributed by atoms with Gasteiger partial charge in [0, 0.05) is 26.5 Å². The zero-order valence-electron chi connectivity index (χ0n) is 11.8. The number of amides is 2. The summed E-state index contributed by atoms with van der Waals surface area (Å²) in [6.07, 6.45) is 6.10. The molecule has 7 heteroatoms. The van der Waals surface area contributed by atoms with Crippen LogP contribution >= 0.6 is 0 Å².